The molecule has 0 aromatic carbocycles. The van der Waals surface area contributed by atoms with E-state index in [4.69, 9.17) is 32.3 Å². The van der Waals surface area contributed by atoms with Crippen LogP contribution in [0.2, 0.25) is 0 Å². The van der Waals surface area contributed by atoms with Crippen molar-refractivity contribution in [1.29, 1.82) is 0 Å². The van der Waals surface area contributed by atoms with Gasteiger partial charge < -0.3 is 34.2 Å². The second-order valence-electron chi connectivity index (χ2n) is 20.1. The summed E-state index contributed by atoms with van der Waals surface area (Å²) in [5, 5.41) is 20.5. The van der Waals surface area contributed by atoms with Gasteiger partial charge in [-0.3, -0.25) is 32.5 Å². The Morgan fingerprint density at radius 2 is 0.624 bits per heavy atom. The van der Waals surface area contributed by atoms with E-state index >= 15 is 0 Å². The van der Waals surface area contributed by atoms with Crippen LogP contribution in [0.5, 0.6) is 0 Å². The van der Waals surface area contributed by atoms with Crippen LogP contribution in [-0.2, 0) is 55.8 Å². The summed E-state index contributed by atoms with van der Waals surface area (Å²) >= 11 is 0. The van der Waals surface area contributed by atoms with Crippen molar-refractivity contribution in [3.63, 3.8) is 0 Å². The van der Waals surface area contributed by atoms with Crippen molar-refractivity contribution in [2.75, 3.05) is 39.6 Å². The summed E-state index contributed by atoms with van der Waals surface area (Å²) in [5.74, 6) is -1.77. The lowest BCUT2D eigenvalue weighted by atomic mass is 10.1. The van der Waals surface area contributed by atoms with E-state index in [2.05, 4.69) is 130 Å². The second-order valence-corrected chi connectivity index (χ2v) is 23.0. The Kier molecular flexibility index (Phi) is 56.5. The van der Waals surface area contributed by atoms with Gasteiger partial charge in [0.25, 0.3) is 0 Å². The Labute approximate surface area is 511 Å². The van der Waals surface area contributed by atoms with Crippen LogP contribution in [0.4, 0.5) is 0 Å². The average molecular weight is 1230 g/mol. The lowest BCUT2D eigenvalue weighted by molar-refractivity contribution is -0.161. The second kappa shape index (κ2) is 59.7. The molecule has 85 heavy (non-hydrogen) atoms. The molecule has 0 bridgehead atoms. The largest absolute Gasteiger partial charge is 0.472 e. The molecular formula is C67H108O16P2. The van der Waals surface area contributed by atoms with Crippen LogP contribution in [-0.4, -0.2) is 95.9 Å². The molecule has 0 fully saturated rings. The van der Waals surface area contributed by atoms with E-state index in [1.165, 1.54) is 38.5 Å². The molecule has 0 aromatic rings. The molecule has 0 rings (SSSR count). The average Bonchev–Trinajstić information content (AvgIpc) is 3.60. The van der Waals surface area contributed by atoms with Gasteiger partial charge in [-0.05, 0) is 96.3 Å². The molecule has 482 valence electrons. The SMILES string of the molecule is CC/C=C\C/C=C\C/C=C\C/C=C\C/C=C\C/C=C\CCC(=O)OCC(O)COP(=O)(O)OCC(O)COP(=O)(O)OCC(COC(=O)CC/C=C\C/C=C\C/C=C\C/C=C\C/C=C\C/C=C\CC)OC(=O)CCCCCCCCCCCCC. The number of carbonyl (C=O) groups excluding carboxylic acids is 3. The Balaban J connectivity index is 4.78. The number of hydrogen-bond donors (Lipinski definition) is 4. The van der Waals surface area contributed by atoms with Crippen molar-refractivity contribution in [2.24, 2.45) is 0 Å². The first-order valence-corrected chi connectivity index (χ1v) is 34.1. The fourth-order valence-corrected chi connectivity index (χ4v) is 8.97. The number of allylic oxidation sites excluding steroid dienone is 24. The van der Waals surface area contributed by atoms with E-state index in [-0.39, 0.29) is 19.3 Å². The van der Waals surface area contributed by atoms with Crippen LogP contribution in [0, 0.1) is 0 Å². The first-order chi connectivity index (χ1) is 41.2. The maximum absolute atomic E-state index is 12.8. The zero-order valence-corrected chi connectivity index (χ0v) is 53.5. The fourth-order valence-electron chi connectivity index (χ4n) is 7.38. The number of aliphatic hydroxyl groups is 2. The number of rotatable bonds is 57. The molecule has 0 aromatic heterocycles. The Bertz CT molecular complexity index is 2130. The Morgan fingerprint density at radius 1 is 0.341 bits per heavy atom. The summed E-state index contributed by atoms with van der Waals surface area (Å²) < 4.78 is 60.5. The zero-order chi connectivity index (χ0) is 62.4. The van der Waals surface area contributed by atoms with Gasteiger partial charge >= 0.3 is 33.6 Å². The molecule has 5 unspecified atom stereocenters. The van der Waals surface area contributed by atoms with Gasteiger partial charge in [0.1, 0.15) is 25.4 Å². The molecule has 0 amide bonds. The highest BCUT2D eigenvalue weighted by molar-refractivity contribution is 7.47. The highest BCUT2D eigenvalue weighted by atomic mass is 31.2. The summed E-state index contributed by atoms with van der Waals surface area (Å²) in [6.07, 6.45) is 69.5. The molecule has 0 heterocycles. The van der Waals surface area contributed by atoms with Crippen LogP contribution in [0.15, 0.2) is 146 Å². The van der Waals surface area contributed by atoms with E-state index in [1.54, 1.807) is 0 Å². The molecule has 5 atom stereocenters. The van der Waals surface area contributed by atoms with E-state index < -0.39 is 91.5 Å². The Morgan fingerprint density at radius 3 is 0.965 bits per heavy atom. The summed E-state index contributed by atoms with van der Waals surface area (Å²) in [6, 6.07) is 0. The van der Waals surface area contributed by atoms with Crippen molar-refractivity contribution in [3.8, 4) is 0 Å². The molecule has 4 N–H and O–H groups in total. The molecule has 0 radical (unpaired) electrons. The minimum Gasteiger partial charge on any atom is -0.463 e. The minimum atomic E-state index is -4.94. The third kappa shape index (κ3) is 60.9. The number of unbranched alkanes of at least 4 members (excludes halogenated alkanes) is 10. The van der Waals surface area contributed by atoms with Gasteiger partial charge in [0, 0.05) is 19.3 Å². The van der Waals surface area contributed by atoms with E-state index in [1.807, 2.05) is 36.5 Å². The molecule has 0 saturated heterocycles. The van der Waals surface area contributed by atoms with Crippen LogP contribution >= 0.6 is 15.6 Å². The lowest BCUT2D eigenvalue weighted by Gasteiger charge is -2.21. The van der Waals surface area contributed by atoms with E-state index in [0.717, 1.165) is 89.9 Å². The standard InChI is InChI=1S/C67H108O16P2/c1-4-7-10-13-16-19-22-24-26-28-30-32-34-36-39-41-44-47-50-53-65(70)77-56-62(68)57-79-84(73,74)80-58-63(69)59-81-85(75,76)82-61-64(83-67(72)55-52-49-46-43-38-21-18-15-12-9-6-3)60-78-66(71)54-51-48-45-42-40-37-35-33-31-29-27-25-23-20-17-14-11-8-5-2/h7-8,10-11,16-17,19-20,24-27,30-33,36-37,39-40,44-45,47-48,62-64,68-69H,4-6,9,12-15,18,21-23,28-29,34-35,38,41-43,46,49-61H2,1-3H3,(H,73,74)(H,75,76)/b10-7-,11-8-,19-16-,20-17-,26-24-,27-25-,32-30-,33-31-,39-36-,40-37-,47-44-,48-45-. The molecule has 18 heteroatoms. The zero-order valence-electron chi connectivity index (χ0n) is 51.7. The number of esters is 3. The summed E-state index contributed by atoms with van der Waals surface area (Å²) in [4.78, 5) is 58.1. The first kappa shape index (κ1) is 80.4. The molecule has 0 saturated carbocycles. The van der Waals surface area contributed by atoms with Crippen molar-refractivity contribution < 1.29 is 75.8 Å². The highest BCUT2D eigenvalue weighted by Crippen LogP contribution is 2.45. The predicted molar refractivity (Wildman–Crippen MR) is 343 cm³/mol. The van der Waals surface area contributed by atoms with E-state index in [0.29, 0.717) is 32.1 Å². The molecule has 0 spiro atoms. The summed E-state index contributed by atoms with van der Waals surface area (Å²) in [7, 11) is -9.81. The number of aliphatic hydroxyl groups excluding tert-OH is 2. The van der Waals surface area contributed by atoms with Gasteiger partial charge in [0.05, 0.1) is 26.4 Å². The third-order valence-corrected chi connectivity index (χ3v) is 14.0. The smallest absolute Gasteiger partial charge is 0.463 e. The van der Waals surface area contributed by atoms with Gasteiger partial charge in [-0.2, -0.15) is 0 Å². The number of phosphoric ester groups is 2. The van der Waals surface area contributed by atoms with Crippen LogP contribution in [0.3, 0.4) is 0 Å². The minimum absolute atomic E-state index is 0.0403. The molecule has 0 aliphatic heterocycles. The van der Waals surface area contributed by atoms with Gasteiger partial charge in [-0.25, -0.2) is 9.13 Å². The highest BCUT2D eigenvalue weighted by Gasteiger charge is 2.29. The van der Waals surface area contributed by atoms with Gasteiger partial charge in [-0.1, -0.05) is 231 Å². The summed E-state index contributed by atoms with van der Waals surface area (Å²) in [5.41, 5.74) is 0. The first-order valence-electron chi connectivity index (χ1n) is 31.1. The number of phosphoric acid groups is 2. The molecule has 0 aliphatic carbocycles. The molecular weight excluding hydrogens is 1120 g/mol. The molecule has 16 nitrogen and oxygen atoms in total. The van der Waals surface area contributed by atoms with Gasteiger partial charge in [0.15, 0.2) is 6.10 Å². The predicted octanol–water partition coefficient (Wildman–Crippen LogP) is 16.6. The number of carbonyl (C=O) groups is 3. The quantitative estimate of drug-likeness (QED) is 0.0146. The van der Waals surface area contributed by atoms with Gasteiger partial charge in [0.2, 0.25) is 0 Å². The number of hydrogen-bond acceptors (Lipinski definition) is 14. The van der Waals surface area contributed by atoms with Crippen LogP contribution in [0.25, 0.3) is 0 Å². The monoisotopic (exact) mass is 1230 g/mol. The van der Waals surface area contributed by atoms with Crippen molar-refractivity contribution >= 4 is 33.6 Å². The maximum Gasteiger partial charge on any atom is 0.472 e. The fraction of sp³-hybridized carbons (Fsp3) is 0.597. The maximum atomic E-state index is 12.8. The lowest BCUT2D eigenvalue weighted by Crippen LogP contribution is -2.30. The van der Waals surface area contributed by atoms with Crippen molar-refractivity contribution in [1.82, 2.24) is 0 Å². The summed E-state index contributed by atoms with van der Waals surface area (Å²) in [6.45, 7) is 2.20. The van der Waals surface area contributed by atoms with Crippen molar-refractivity contribution in [3.05, 3.63) is 146 Å². The number of ether oxygens (including phenoxy) is 3. The normalized spacial score (nSPS) is 15.3. The van der Waals surface area contributed by atoms with Crippen LogP contribution < -0.4 is 0 Å². The van der Waals surface area contributed by atoms with Crippen LogP contribution in [0.1, 0.15) is 201 Å². The van der Waals surface area contributed by atoms with Gasteiger partial charge in [-0.15, -0.1) is 0 Å². The van der Waals surface area contributed by atoms with E-state index in [9.17, 15) is 43.5 Å². The molecule has 0 aliphatic rings. The topological polar surface area (TPSA) is 231 Å². The Hall–Kier alpha value is -4.57. The van der Waals surface area contributed by atoms with Crippen molar-refractivity contribution in [2.45, 2.75) is 219 Å². The third-order valence-electron chi connectivity index (χ3n) is 12.1.